The van der Waals surface area contributed by atoms with Crippen LogP contribution in [-0.2, 0) is 20.9 Å². The monoisotopic (exact) mass is 454 g/mol. The van der Waals surface area contributed by atoms with E-state index in [-0.39, 0.29) is 30.9 Å². The summed E-state index contributed by atoms with van der Waals surface area (Å²) in [5.41, 5.74) is 8.04. The smallest absolute Gasteiger partial charge is 0.414 e. The van der Waals surface area contributed by atoms with Gasteiger partial charge in [0.15, 0.2) is 0 Å². The van der Waals surface area contributed by atoms with E-state index in [2.05, 4.69) is 10.2 Å². The van der Waals surface area contributed by atoms with Gasteiger partial charge in [-0.1, -0.05) is 24.3 Å². The second-order valence-electron chi connectivity index (χ2n) is 8.45. The Morgan fingerprint density at radius 3 is 2.64 bits per heavy atom. The zero-order valence-electron chi connectivity index (χ0n) is 18.4. The SMILES string of the molecule is CC(=O)NC[C@H]1CN(c2ccc(-c3ccc(CN4CCC[C@H]4C(N)=O)cc3)c(F)c2)C(=O)O1. The van der Waals surface area contributed by atoms with Crippen molar-refractivity contribution in [3.63, 3.8) is 0 Å². The van der Waals surface area contributed by atoms with Crippen LogP contribution in [0.5, 0.6) is 0 Å². The Morgan fingerprint density at radius 2 is 1.97 bits per heavy atom. The van der Waals surface area contributed by atoms with Gasteiger partial charge in [-0.2, -0.15) is 0 Å². The van der Waals surface area contributed by atoms with Crippen LogP contribution in [0.25, 0.3) is 11.1 Å². The third-order valence-electron chi connectivity index (χ3n) is 6.06. The number of nitrogens with one attached hydrogen (secondary N) is 1. The van der Waals surface area contributed by atoms with Crippen LogP contribution in [0, 0.1) is 5.82 Å². The van der Waals surface area contributed by atoms with Gasteiger partial charge >= 0.3 is 6.09 Å². The minimum absolute atomic E-state index is 0.209. The number of benzene rings is 2. The van der Waals surface area contributed by atoms with E-state index in [1.165, 1.54) is 17.9 Å². The lowest BCUT2D eigenvalue weighted by Gasteiger charge is -2.21. The number of ether oxygens (including phenoxy) is 1. The van der Waals surface area contributed by atoms with E-state index in [0.29, 0.717) is 23.4 Å². The van der Waals surface area contributed by atoms with Gasteiger partial charge in [-0.3, -0.25) is 19.4 Å². The van der Waals surface area contributed by atoms with Crippen molar-refractivity contribution in [3.05, 3.63) is 53.8 Å². The van der Waals surface area contributed by atoms with Crippen molar-refractivity contribution >= 4 is 23.6 Å². The number of cyclic esters (lactones) is 1. The highest BCUT2D eigenvalue weighted by atomic mass is 19.1. The van der Waals surface area contributed by atoms with Crippen LogP contribution < -0.4 is 16.0 Å². The quantitative estimate of drug-likeness (QED) is 0.669. The number of likely N-dealkylation sites (tertiary alicyclic amines) is 1. The third kappa shape index (κ3) is 5.14. The Balaban J connectivity index is 1.43. The van der Waals surface area contributed by atoms with Crippen molar-refractivity contribution in [1.29, 1.82) is 0 Å². The summed E-state index contributed by atoms with van der Waals surface area (Å²) in [6.45, 7) is 3.28. The number of primary amides is 1. The molecule has 0 bridgehead atoms. The van der Waals surface area contributed by atoms with E-state index in [1.54, 1.807) is 12.1 Å². The maximum atomic E-state index is 14.9. The summed E-state index contributed by atoms with van der Waals surface area (Å²) in [5.74, 6) is -0.958. The Hall–Kier alpha value is -3.46. The van der Waals surface area contributed by atoms with E-state index in [1.807, 2.05) is 24.3 Å². The normalized spacial score (nSPS) is 20.7. The van der Waals surface area contributed by atoms with Gasteiger partial charge in [0.25, 0.3) is 0 Å². The summed E-state index contributed by atoms with van der Waals surface area (Å²) in [6, 6.07) is 11.9. The summed E-state index contributed by atoms with van der Waals surface area (Å²) < 4.78 is 20.2. The molecule has 0 aliphatic carbocycles. The fourth-order valence-electron chi connectivity index (χ4n) is 4.36. The Kier molecular flexibility index (Phi) is 6.60. The molecule has 0 aromatic heterocycles. The number of nitrogens with two attached hydrogens (primary N) is 1. The lowest BCUT2D eigenvalue weighted by molar-refractivity contribution is -0.122. The van der Waals surface area contributed by atoms with Gasteiger partial charge in [-0.05, 0) is 48.7 Å². The molecule has 0 saturated carbocycles. The predicted molar refractivity (Wildman–Crippen MR) is 121 cm³/mol. The second kappa shape index (κ2) is 9.58. The van der Waals surface area contributed by atoms with E-state index in [4.69, 9.17) is 10.5 Å². The van der Waals surface area contributed by atoms with Crippen LogP contribution in [0.4, 0.5) is 14.9 Å². The zero-order chi connectivity index (χ0) is 23.5. The molecule has 3 amide bonds. The minimum Gasteiger partial charge on any atom is -0.442 e. The maximum absolute atomic E-state index is 14.9. The first kappa shape index (κ1) is 22.7. The topological polar surface area (TPSA) is 105 Å². The molecule has 2 aromatic carbocycles. The van der Waals surface area contributed by atoms with Gasteiger partial charge in [0, 0.05) is 19.0 Å². The molecule has 2 saturated heterocycles. The van der Waals surface area contributed by atoms with E-state index >= 15 is 0 Å². The standard InChI is InChI=1S/C24H27FN4O4/c1-15(30)27-12-19-14-29(24(32)33-19)18-8-9-20(21(25)11-18)17-6-4-16(5-7-17)13-28-10-2-3-22(28)23(26)31/h4-9,11,19,22H,2-3,10,12-14H2,1H3,(H2,26,31)(H,27,30)/t19-,22-/m0/s1. The molecule has 0 radical (unpaired) electrons. The van der Waals surface area contributed by atoms with Gasteiger partial charge in [0.1, 0.15) is 11.9 Å². The second-order valence-corrected chi connectivity index (χ2v) is 8.45. The summed E-state index contributed by atoms with van der Waals surface area (Å²) in [4.78, 5) is 38.3. The first-order valence-electron chi connectivity index (χ1n) is 11.0. The molecule has 4 rings (SSSR count). The molecule has 2 aromatic rings. The average molecular weight is 455 g/mol. The van der Waals surface area contributed by atoms with E-state index in [0.717, 1.165) is 24.9 Å². The molecule has 0 unspecified atom stereocenters. The zero-order valence-corrected chi connectivity index (χ0v) is 18.4. The molecule has 3 N–H and O–H groups in total. The van der Waals surface area contributed by atoms with Crippen LogP contribution in [0.2, 0.25) is 0 Å². The highest BCUT2D eigenvalue weighted by Crippen LogP contribution is 2.30. The summed E-state index contributed by atoms with van der Waals surface area (Å²) >= 11 is 0. The fraction of sp³-hybridized carbons (Fsp3) is 0.375. The lowest BCUT2D eigenvalue weighted by atomic mass is 10.0. The van der Waals surface area contributed by atoms with Gasteiger partial charge in [-0.15, -0.1) is 0 Å². The number of rotatable bonds is 7. The molecule has 2 atom stereocenters. The fourth-order valence-corrected chi connectivity index (χ4v) is 4.36. The number of amides is 3. The number of anilines is 1. The van der Waals surface area contributed by atoms with Gasteiger partial charge in [0.2, 0.25) is 11.8 Å². The largest absolute Gasteiger partial charge is 0.442 e. The summed E-state index contributed by atoms with van der Waals surface area (Å²) in [7, 11) is 0. The number of nitrogens with zero attached hydrogens (tertiary/aromatic N) is 2. The number of hydrogen-bond donors (Lipinski definition) is 2. The number of halogens is 1. The molecular formula is C24H27FN4O4. The van der Waals surface area contributed by atoms with Crippen LogP contribution >= 0.6 is 0 Å². The van der Waals surface area contributed by atoms with Crippen molar-refractivity contribution in [2.24, 2.45) is 5.73 Å². The molecule has 2 aliphatic heterocycles. The van der Waals surface area contributed by atoms with Crippen LogP contribution in [0.15, 0.2) is 42.5 Å². The van der Waals surface area contributed by atoms with Crippen molar-refractivity contribution in [3.8, 4) is 11.1 Å². The molecular weight excluding hydrogens is 427 g/mol. The predicted octanol–water partition coefficient (Wildman–Crippen LogP) is 2.40. The highest BCUT2D eigenvalue weighted by molar-refractivity contribution is 5.90. The van der Waals surface area contributed by atoms with Crippen molar-refractivity contribution < 1.29 is 23.5 Å². The summed E-state index contributed by atoms with van der Waals surface area (Å²) in [6.07, 6.45) is 0.671. The summed E-state index contributed by atoms with van der Waals surface area (Å²) in [5, 5.41) is 2.61. The molecule has 33 heavy (non-hydrogen) atoms. The first-order valence-corrected chi connectivity index (χ1v) is 11.0. The molecule has 174 valence electrons. The van der Waals surface area contributed by atoms with Crippen LogP contribution in [-0.4, -0.2) is 54.6 Å². The Labute approximate surface area is 191 Å². The molecule has 8 nitrogen and oxygen atoms in total. The van der Waals surface area contributed by atoms with Crippen LogP contribution in [0.3, 0.4) is 0 Å². The molecule has 0 spiro atoms. The van der Waals surface area contributed by atoms with Gasteiger partial charge in [-0.25, -0.2) is 9.18 Å². The van der Waals surface area contributed by atoms with Crippen molar-refractivity contribution in [2.75, 3.05) is 24.5 Å². The van der Waals surface area contributed by atoms with Crippen LogP contribution in [0.1, 0.15) is 25.3 Å². The van der Waals surface area contributed by atoms with Gasteiger partial charge in [0.05, 0.1) is 24.8 Å². The first-order chi connectivity index (χ1) is 15.8. The Morgan fingerprint density at radius 1 is 1.21 bits per heavy atom. The maximum Gasteiger partial charge on any atom is 0.414 e. The average Bonchev–Trinajstić information content (AvgIpc) is 3.39. The van der Waals surface area contributed by atoms with Gasteiger partial charge < -0.3 is 15.8 Å². The van der Waals surface area contributed by atoms with E-state index in [9.17, 15) is 18.8 Å². The highest BCUT2D eigenvalue weighted by Gasteiger charge is 2.33. The van der Waals surface area contributed by atoms with Crippen molar-refractivity contribution in [1.82, 2.24) is 10.2 Å². The molecule has 2 fully saturated rings. The lowest BCUT2D eigenvalue weighted by Crippen LogP contribution is -2.39. The third-order valence-corrected chi connectivity index (χ3v) is 6.06. The van der Waals surface area contributed by atoms with Crippen molar-refractivity contribution in [2.45, 2.75) is 38.5 Å². The number of hydrogen-bond acceptors (Lipinski definition) is 5. The number of carbonyl (C=O) groups excluding carboxylic acids is 3. The minimum atomic E-state index is -0.571. The number of carbonyl (C=O) groups is 3. The Bertz CT molecular complexity index is 1060. The molecule has 2 heterocycles. The molecule has 2 aliphatic rings. The van der Waals surface area contributed by atoms with E-state index < -0.39 is 18.0 Å². The molecule has 9 heteroatoms.